The van der Waals surface area contributed by atoms with E-state index in [1.807, 2.05) is 0 Å². The van der Waals surface area contributed by atoms with Crippen molar-refractivity contribution in [1.82, 2.24) is 0 Å². The van der Waals surface area contributed by atoms with Crippen LogP contribution >= 0.6 is 22.6 Å². The van der Waals surface area contributed by atoms with E-state index < -0.39 is 0 Å². The third-order valence-electron chi connectivity index (χ3n) is 3.49. The number of rotatable bonds is 1. The average molecular weight is 318 g/mol. The summed E-state index contributed by atoms with van der Waals surface area (Å²) in [5.74, 6) is 1.41. The summed E-state index contributed by atoms with van der Waals surface area (Å²) in [4.78, 5) is 0. The van der Waals surface area contributed by atoms with Gasteiger partial charge in [0.15, 0.2) is 0 Å². The molecule has 0 N–H and O–H groups in total. The fraction of sp³-hybridized carbons (Fsp3) is 0.714. The molecule has 86 valence electrons. The predicted molar refractivity (Wildman–Crippen MR) is 77.5 cm³/mol. The first-order chi connectivity index (χ1) is 6.84. The van der Waals surface area contributed by atoms with Crippen molar-refractivity contribution in [3.63, 3.8) is 0 Å². The Bertz CT molecular complexity index is 273. The van der Waals surface area contributed by atoms with E-state index >= 15 is 0 Å². The third-order valence-corrected chi connectivity index (χ3v) is 4.54. The SMILES string of the molecule is C=C(C)[C@@H]1C(C)CC/C=C(/C)C[C@@]1(C)I. The van der Waals surface area contributed by atoms with Crippen LogP contribution in [0.25, 0.3) is 0 Å². The third kappa shape index (κ3) is 3.33. The summed E-state index contributed by atoms with van der Waals surface area (Å²) in [6.07, 6.45) is 6.16. The van der Waals surface area contributed by atoms with Crippen LogP contribution in [0, 0.1) is 11.8 Å². The second kappa shape index (κ2) is 5.03. The fourth-order valence-corrected chi connectivity index (χ4v) is 4.83. The van der Waals surface area contributed by atoms with E-state index in [1.54, 1.807) is 5.57 Å². The molecule has 0 spiro atoms. The second-order valence-electron chi connectivity index (χ2n) is 5.38. The molecule has 0 bridgehead atoms. The molecule has 0 amide bonds. The van der Waals surface area contributed by atoms with E-state index in [4.69, 9.17) is 0 Å². The van der Waals surface area contributed by atoms with E-state index in [0.29, 0.717) is 9.34 Å². The fourth-order valence-electron chi connectivity index (χ4n) is 3.08. The molecule has 1 unspecified atom stereocenters. The minimum Gasteiger partial charge on any atom is -0.0998 e. The summed E-state index contributed by atoms with van der Waals surface area (Å²) in [6, 6.07) is 0. The lowest BCUT2D eigenvalue weighted by Crippen LogP contribution is -2.34. The highest BCUT2D eigenvalue weighted by Crippen LogP contribution is 2.44. The molecule has 0 aromatic rings. The zero-order chi connectivity index (χ0) is 11.6. The van der Waals surface area contributed by atoms with Crippen LogP contribution in [0.2, 0.25) is 0 Å². The first kappa shape index (κ1) is 13.3. The van der Waals surface area contributed by atoms with Crippen molar-refractivity contribution < 1.29 is 0 Å². The lowest BCUT2D eigenvalue weighted by molar-refractivity contribution is 0.318. The van der Waals surface area contributed by atoms with Crippen molar-refractivity contribution in [3.05, 3.63) is 23.8 Å². The van der Waals surface area contributed by atoms with Crippen LogP contribution in [-0.2, 0) is 0 Å². The monoisotopic (exact) mass is 318 g/mol. The predicted octanol–water partition coefficient (Wildman–Crippen LogP) is 5.14. The van der Waals surface area contributed by atoms with Gasteiger partial charge in [-0.3, -0.25) is 0 Å². The summed E-state index contributed by atoms with van der Waals surface area (Å²) in [5, 5.41) is 0. The van der Waals surface area contributed by atoms with E-state index in [9.17, 15) is 0 Å². The zero-order valence-electron chi connectivity index (χ0n) is 10.4. The number of alkyl halides is 1. The summed E-state index contributed by atoms with van der Waals surface area (Å²) in [5.41, 5.74) is 2.90. The van der Waals surface area contributed by atoms with Gasteiger partial charge in [-0.1, -0.05) is 53.3 Å². The topological polar surface area (TPSA) is 0 Å². The largest absolute Gasteiger partial charge is 0.0998 e. The van der Waals surface area contributed by atoms with Gasteiger partial charge in [0.2, 0.25) is 0 Å². The van der Waals surface area contributed by atoms with Crippen LogP contribution in [0.1, 0.15) is 47.0 Å². The molecule has 0 fully saturated rings. The smallest absolute Gasteiger partial charge is 0.0298 e. The second-order valence-corrected chi connectivity index (χ2v) is 7.85. The van der Waals surface area contributed by atoms with E-state index in [1.165, 1.54) is 24.8 Å². The van der Waals surface area contributed by atoms with Crippen molar-refractivity contribution in [2.24, 2.45) is 11.8 Å². The Morgan fingerprint density at radius 3 is 2.73 bits per heavy atom. The Kier molecular flexibility index (Phi) is 4.45. The van der Waals surface area contributed by atoms with Gasteiger partial charge in [-0.2, -0.15) is 0 Å². The summed E-state index contributed by atoms with van der Waals surface area (Å²) >= 11 is 2.64. The molecule has 0 heterocycles. The molecule has 0 saturated carbocycles. The average Bonchev–Trinajstić information content (AvgIpc) is 1.98. The summed E-state index contributed by atoms with van der Waals surface area (Å²) in [7, 11) is 0. The standard InChI is InChI=1S/C14H23I/c1-10(2)13-12(4)8-6-7-11(3)9-14(13,5)15/h7,12-13H,1,6,8-9H2,2-5H3/b11-7-/t12?,13-,14-/m1/s1. The highest BCUT2D eigenvalue weighted by Gasteiger charge is 2.36. The Labute approximate surface area is 108 Å². The molecule has 1 rings (SSSR count). The summed E-state index contributed by atoms with van der Waals surface area (Å²) < 4.78 is 0.337. The Morgan fingerprint density at radius 1 is 1.60 bits per heavy atom. The van der Waals surface area contributed by atoms with Crippen molar-refractivity contribution in [2.45, 2.75) is 50.4 Å². The lowest BCUT2D eigenvalue weighted by Gasteiger charge is -2.39. The minimum absolute atomic E-state index is 0.337. The first-order valence-corrected chi connectivity index (χ1v) is 6.92. The number of halogens is 1. The van der Waals surface area contributed by atoms with Crippen LogP contribution in [-0.4, -0.2) is 3.42 Å². The molecule has 15 heavy (non-hydrogen) atoms. The molecule has 1 aliphatic carbocycles. The highest BCUT2D eigenvalue weighted by atomic mass is 127. The molecule has 0 saturated heterocycles. The highest BCUT2D eigenvalue weighted by molar-refractivity contribution is 14.1. The van der Waals surface area contributed by atoms with Crippen LogP contribution < -0.4 is 0 Å². The first-order valence-electron chi connectivity index (χ1n) is 5.84. The maximum absolute atomic E-state index is 4.20. The van der Waals surface area contributed by atoms with E-state index in [2.05, 4.69) is 62.9 Å². The van der Waals surface area contributed by atoms with Gasteiger partial charge in [-0.05, 0) is 51.9 Å². The number of allylic oxidation sites excluding steroid dienone is 3. The Morgan fingerprint density at radius 2 is 2.20 bits per heavy atom. The van der Waals surface area contributed by atoms with Gasteiger partial charge in [0.25, 0.3) is 0 Å². The van der Waals surface area contributed by atoms with Crippen molar-refractivity contribution >= 4 is 22.6 Å². The molecular formula is C14H23I. The maximum Gasteiger partial charge on any atom is 0.0298 e. The molecule has 0 nitrogen and oxygen atoms in total. The zero-order valence-corrected chi connectivity index (χ0v) is 12.6. The Hall–Kier alpha value is 0.210. The minimum atomic E-state index is 0.337. The number of hydrogen-bond acceptors (Lipinski definition) is 0. The van der Waals surface area contributed by atoms with Gasteiger partial charge >= 0.3 is 0 Å². The van der Waals surface area contributed by atoms with Crippen molar-refractivity contribution in [2.75, 3.05) is 0 Å². The van der Waals surface area contributed by atoms with Gasteiger partial charge in [0, 0.05) is 3.42 Å². The van der Waals surface area contributed by atoms with Crippen molar-refractivity contribution in [1.29, 1.82) is 0 Å². The molecule has 0 radical (unpaired) electrons. The Balaban J connectivity index is 2.99. The van der Waals surface area contributed by atoms with Crippen LogP contribution in [0.4, 0.5) is 0 Å². The molecule has 0 aromatic heterocycles. The molecule has 1 aliphatic rings. The molecule has 3 atom stereocenters. The van der Waals surface area contributed by atoms with E-state index in [-0.39, 0.29) is 0 Å². The van der Waals surface area contributed by atoms with Gasteiger partial charge in [-0.25, -0.2) is 0 Å². The van der Waals surface area contributed by atoms with Gasteiger partial charge < -0.3 is 0 Å². The van der Waals surface area contributed by atoms with Crippen LogP contribution in [0.15, 0.2) is 23.8 Å². The van der Waals surface area contributed by atoms with Gasteiger partial charge in [0.1, 0.15) is 0 Å². The maximum atomic E-state index is 4.20. The normalized spacial score (nSPS) is 41.3. The van der Waals surface area contributed by atoms with E-state index in [0.717, 1.165) is 5.92 Å². The molecule has 1 heteroatoms. The number of hydrogen-bond donors (Lipinski definition) is 0. The van der Waals surface area contributed by atoms with Gasteiger partial charge in [-0.15, -0.1) is 0 Å². The van der Waals surface area contributed by atoms with Crippen molar-refractivity contribution in [3.8, 4) is 0 Å². The molecular weight excluding hydrogens is 295 g/mol. The lowest BCUT2D eigenvalue weighted by atomic mass is 9.73. The van der Waals surface area contributed by atoms with Gasteiger partial charge in [0.05, 0.1) is 0 Å². The quantitative estimate of drug-likeness (QED) is 0.357. The molecule has 0 aliphatic heterocycles. The summed E-state index contributed by atoms with van der Waals surface area (Å²) in [6.45, 7) is 13.4. The molecule has 0 aromatic carbocycles. The van der Waals surface area contributed by atoms with Crippen LogP contribution in [0.5, 0.6) is 0 Å². The van der Waals surface area contributed by atoms with Crippen LogP contribution in [0.3, 0.4) is 0 Å².